The van der Waals surface area contributed by atoms with Crippen molar-refractivity contribution in [3.8, 4) is 0 Å². The summed E-state index contributed by atoms with van der Waals surface area (Å²) in [5, 5.41) is 18.4. The average Bonchev–Trinajstić information content (AvgIpc) is 2.17. The molecule has 0 aliphatic carbocycles. The molecule has 0 aliphatic rings. The molecule has 0 amide bonds. The summed E-state index contributed by atoms with van der Waals surface area (Å²) in [7, 11) is 0. The van der Waals surface area contributed by atoms with Crippen molar-refractivity contribution in [3.63, 3.8) is 0 Å². The molecule has 0 radical (unpaired) electrons. The number of nitro groups is 1. The summed E-state index contributed by atoms with van der Waals surface area (Å²) < 4.78 is 0. The van der Waals surface area contributed by atoms with Gasteiger partial charge >= 0.3 is 0 Å². The van der Waals surface area contributed by atoms with E-state index in [1.165, 1.54) is 18.2 Å². The van der Waals surface area contributed by atoms with E-state index in [9.17, 15) is 10.1 Å². The van der Waals surface area contributed by atoms with E-state index in [-0.39, 0.29) is 10.7 Å². The molecule has 0 bridgehead atoms. The molecule has 0 spiro atoms. The van der Waals surface area contributed by atoms with E-state index in [4.69, 9.17) is 17.0 Å². The molecule has 80 valence electrons. The fourth-order valence-corrected chi connectivity index (χ4v) is 1.54. The van der Waals surface area contributed by atoms with Crippen molar-refractivity contribution in [2.45, 2.75) is 19.8 Å². The average molecular weight is 227 g/mol. The van der Waals surface area contributed by atoms with Crippen molar-refractivity contribution in [2.24, 2.45) is 0 Å². The van der Waals surface area contributed by atoms with Gasteiger partial charge in [-0.25, -0.2) is 0 Å². The summed E-state index contributed by atoms with van der Waals surface area (Å²) in [6, 6.07) is 4.17. The van der Waals surface area contributed by atoms with Crippen LogP contribution >= 0.6 is 11.6 Å². The van der Waals surface area contributed by atoms with Gasteiger partial charge < -0.3 is 5.41 Å². The maximum Gasteiger partial charge on any atom is 0.270 e. The highest BCUT2D eigenvalue weighted by molar-refractivity contribution is 6.34. The first-order chi connectivity index (χ1) is 7.06. The van der Waals surface area contributed by atoms with Crippen molar-refractivity contribution >= 4 is 23.0 Å². The highest BCUT2D eigenvalue weighted by atomic mass is 35.5. The number of benzene rings is 1. The first-order valence-electron chi connectivity index (χ1n) is 4.58. The Bertz CT molecular complexity index is 404. The molecule has 1 N–H and O–H groups in total. The molecule has 1 rings (SSSR count). The van der Waals surface area contributed by atoms with Crippen LogP contribution in [0.1, 0.15) is 25.3 Å². The Morgan fingerprint density at radius 3 is 2.73 bits per heavy atom. The third-order valence-corrected chi connectivity index (χ3v) is 2.30. The zero-order chi connectivity index (χ0) is 11.4. The lowest BCUT2D eigenvalue weighted by Gasteiger charge is -2.04. The lowest BCUT2D eigenvalue weighted by atomic mass is 10.1. The Morgan fingerprint density at radius 1 is 1.60 bits per heavy atom. The Morgan fingerprint density at radius 2 is 2.27 bits per heavy atom. The minimum Gasteiger partial charge on any atom is -0.305 e. The smallest absolute Gasteiger partial charge is 0.270 e. The Balaban J connectivity index is 3.03. The fraction of sp³-hybridized carbons (Fsp3) is 0.300. The van der Waals surface area contributed by atoms with E-state index < -0.39 is 4.92 Å². The van der Waals surface area contributed by atoms with Crippen molar-refractivity contribution in [3.05, 3.63) is 38.9 Å². The lowest BCUT2D eigenvalue weighted by molar-refractivity contribution is -0.384. The number of hydrogen-bond acceptors (Lipinski definition) is 3. The van der Waals surface area contributed by atoms with Gasteiger partial charge in [0.25, 0.3) is 5.69 Å². The zero-order valence-corrected chi connectivity index (χ0v) is 9.04. The first-order valence-corrected chi connectivity index (χ1v) is 4.95. The molecule has 0 aromatic heterocycles. The number of halogens is 1. The Hall–Kier alpha value is -1.42. The van der Waals surface area contributed by atoms with Crippen LogP contribution in [-0.4, -0.2) is 10.6 Å². The molecule has 4 nitrogen and oxygen atoms in total. The SMILES string of the molecule is CCCC(=N)c1ccc([N+](=O)[O-])cc1Cl. The molecule has 15 heavy (non-hydrogen) atoms. The number of hydrogen-bond donors (Lipinski definition) is 1. The first kappa shape index (κ1) is 11.7. The van der Waals surface area contributed by atoms with Gasteiger partial charge in [0.15, 0.2) is 0 Å². The second-order valence-corrected chi connectivity index (χ2v) is 3.56. The van der Waals surface area contributed by atoms with Crippen LogP contribution in [0.4, 0.5) is 5.69 Å². The lowest BCUT2D eigenvalue weighted by Crippen LogP contribution is -2.00. The second-order valence-electron chi connectivity index (χ2n) is 3.15. The van der Waals surface area contributed by atoms with Crippen molar-refractivity contribution in [1.82, 2.24) is 0 Å². The van der Waals surface area contributed by atoms with Crippen LogP contribution in [0.15, 0.2) is 18.2 Å². The Kier molecular flexibility index (Phi) is 3.80. The molecule has 0 unspecified atom stereocenters. The summed E-state index contributed by atoms with van der Waals surface area (Å²) >= 11 is 5.86. The van der Waals surface area contributed by atoms with Gasteiger partial charge in [-0.1, -0.05) is 24.9 Å². The minimum absolute atomic E-state index is 0.0481. The maximum absolute atomic E-state index is 10.5. The molecular weight excluding hydrogens is 216 g/mol. The standard InChI is InChI=1S/C10H11ClN2O2/c1-2-3-10(12)8-5-4-7(13(14)15)6-9(8)11/h4-6,12H,2-3H2,1H3. The van der Waals surface area contributed by atoms with Gasteiger partial charge in [0.05, 0.1) is 9.95 Å². The van der Waals surface area contributed by atoms with Crippen LogP contribution in [-0.2, 0) is 0 Å². The largest absolute Gasteiger partial charge is 0.305 e. The number of non-ortho nitro benzene ring substituents is 1. The molecular formula is C10H11ClN2O2. The van der Waals surface area contributed by atoms with Crippen LogP contribution < -0.4 is 0 Å². The van der Waals surface area contributed by atoms with Crippen molar-refractivity contribution < 1.29 is 4.92 Å². The van der Waals surface area contributed by atoms with Gasteiger partial charge in [0.2, 0.25) is 0 Å². The van der Waals surface area contributed by atoms with E-state index in [2.05, 4.69) is 0 Å². The van der Waals surface area contributed by atoms with Crippen LogP contribution in [0, 0.1) is 15.5 Å². The molecule has 1 aromatic carbocycles. The summed E-state index contributed by atoms with van der Waals surface area (Å²) in [5.41, 5.74) is 0.939. The predicted molar refractivity (Wildman–Crippen MR) is 59.8 cm³/mol. The van der Waals surface area contributed by atoms with Gasteiger partial charge in [-0.2, -0.15) is 0 Å². The minimum atomic E-state index is -0.501. The van der Waals surface area contributed by atoms with Crippen LogP contribution in [0.25, 0.3) is 0 Å². The molecule has 0 saturated heterocycles. The second kappa shape index (κ2) is 4.89. The third-order valence-electron chi connectivity index (χ3n) is 1.99. The van der Waals surface area contributed by atoms with Gasteiger partial charge in [0.1, 0.15) is 0 Å². The van der Waals surface area contributed by atoms with Crippen LogP contribution in [0.5, 0.6) is 0 Å². The summed E-state index contributed by atoms with van der Waals surface area (Å²) in [5.74, 6) is 0. The summed E-state index contributed by atoms with van der Waals surface area (Å²) in [6.07, 6.45) is 1.48. The number of nitrogens with zero attached hydrogens (tertiary/aromatic N) is 1. The van der Waals surface area contributed by atoms with E-state index in [1.54, 1.807) is 0 Å². The highest BCUT2D eigenvalue weighted by Crippen LogP contribution is 2.23. The van der Waals surface area contributed by atoms with Gasteiger partial charge in [-0.05, 0) is 12.5 Å². The molecule has 0 atom stereocenters. The maximum atomic E-state index is 10.5. The quantitative estimate of drug-likeness (QED) is 0.486. The highest BCUT2D eigenvalue weighted by Gasteiger charge is 2.11. The normalized spacial score (nSPS) is 10.0. The van der Waals surface area contributed by atoms with Gasteiger partial charge in [0, 0.05) is 23.4 Å². The predicted octanol–water partition coefficient (Wildman–Crippen LogP) is 3.42. The monoisotopic (exact) mass is 226 g/mol. The zero-order valence-electron chi connectivity index (χ0n) is 8.29. The number of nitrogens with one attached hydrogen (secondary N) is 1. The van der Waals surface area contributed by atoms with Crippen LogP contribution in [0.3, 0.4) is 0 Å². The topological polar surface area (TPSA) is 67.0 Å². The molecule has 0 fully saturated rings. The number of nitro benzene ring substituents is 1. The third kappa shape index (κ3) is 2.76. The molecule has 1 aromatic rings. The van der Waals surface area contributed by atoms with E-state index >= 15 is 0 Å². The van der Waals surface area contributed by atoms with Crippen molar-refractivity contribution in [1.29, 1.82) is 5.41 Å². The van der Waals surface area contributed by atoms with Gasteiger partial charge in [-0.3, -0.25) is 10.1 Å². The van der Waals surface area contributed by atoms with E-state index in [0.717, 1.165) is 6.42 Å². The van der Waals surface area contributed by atoms with Crippen LogP contribution in [0.2, 0.25) is 5.02 Å². The number of rotatable bonds is 4. The van der Waals surface area contributed by atoms with Crippen molar-refractivity contribution in [2.75, 3.05) is 0 Å². The fourth-order valence-electron chi connectivity index (χ4n) is 1.25. The molecule has 0 heterocycles. The molecule has 0 saturated carbocycles. The molecule has 0 aliphatic heterocycles. The van der Waals surface area contributed by atoms with Gasteiger partial charge in [-0.15, -0.1) is 0 Å². The summed E-state index contributed by atoms with van der Waals surface area (Å²) in [6.45, 7) is 1.97. The Labute approximate surface area is 92.5 Å². The molecule has 5 heteroatoms. The van der Waals surface area contributed by atoms with E-state index in [0.29, 0.717) is 17.7 Å². The summed E-state index contributed by atoms with van der Waals surface area (Å²) in [4.78, 5) is 9.95. The van der Waals surface area contributed by atoms with E-state index in [1.807, 2.05) is 6.92 Å².